The maximum atomic E-state index is 14.2. The van der Waals surface area contributed by atoms with E-state index in [1.165, 1.54) is 48.7 Å². The van der Waals surface area contributed by atoms with Crippen LogP contribution in [0.1, 0.15) is 16.7 Å². The number of phenolic OH excluding ortho intramolecular Hbond substituents is 1. The van der Waals surface area contributed by atoms with Crippen molar-refractivity contribution in [2.75, 3.05) is 6.54 Å². The largest absolute Gasteiger partial charge is 0.508 e. The summed E-state index contributed by atoms with van der Waals surface area (Å²) >= 11 is 0. The molecule has 0 saturated heterocycles. The van der Waals surface area contributed by atoms with Crippen molar-refractivity contribution in [1.29, 1.82) is 0 Å². The van der Waals surface area contributed by atoms with E-state index >= 15 is 0 Å². The Balaban J connectivity index is 1.80. The minimum absolute atomic E-state index is 0.000154. The molecule has 166 valence electrons. The monoisotopic (exact) mass is 455 g/mol. The normalized spacial score (nSPS) is 11.7. The molecule has 0 aliphatic carbocycles. The van der Waals surface area contributed by atoms with Crippen molar-refractivity contribution in [3.05, 3.63) is 95.3 Å². The van der Waals surface area contributed by atoms with Crippen LogP contribution in [0.3, 0.4) is 0 Å². The van der Waals surface area contributed by atoms with E-state index in [2.05, 4.69) is 10.5 Å². The van der Waals surface area contributed by atoms with Gasteiger partial charge in [0.05, 0.1) is 17.7 Å². The molecule has 0 radical (unpaired) electrons. The van der Waals surface area contributed by atoms with Gasteiger partial charge in [-0.1, -0.05) is 35.9 Å². The first-order chi connectivity index (χ1) is 15.3. The van der Waals surface area contributed by atoms with E-state index in [0.29, 0.717) is 5.56 Å². The Morgan fingerprint density at radius 3 is 2.38 bits per heavy atom. The average Bonchev–Trinajstić information content (AvgIpc) is 2.76. The summed E-state index contributed by atoms with van der Waals surface area (Å²) in [5, 5.41) is 13.1. The molecule has 0 aliphatic heterocycles. The minimum Gasteiger partial charge on any atom is -0.508 e. The maximum absolute atomic E-state index is 14.2. The second-order valence-corrected chi connectivity index (χ2v) is 9.00. The Morgan fingerprint density at radius 1 is 1.06 bits per heavy atom. The highest BCUT2D eigenvalue weighted by molar-refractivity contribution is 7.89. The molecule has 0 heterocycles. The smallest absolute Gasteiger partial charge is 0.255 e. The molecule has 9 heteroatoms. The number of amides is 1. The fourth-order valence-electron chi connectivity index (χ4n) is 2.84. The molecule has 1 amide bonds. The number of carbonyl (C=O) groups excluding carboxylic acids is 1. The topological polar surface area (TPSA) is 99.1 Å². The number of carbonyl (C=O) groups is 1. The van der Waals surface area contributed by atoms with E-state index in [-0.39, 0.29) is 22.8 Å². The van der Waals surface area contributed by atoms with E-state index < -0.39 is 28.3 Å². The van der Waals surface area contributed by atoms with Crippen molar-refractivity contribution in [1.82, 2.24) is 9.73 Å². The molecule has 0 unspecified atom stereocenters. The zero-order valence-electron chi connectivity index (χ0n) is 17.3. The van der Waals surface area contributed by atoms with Gasteiger partial charge in [-0.25, -0.2) is 18.2 Å². The third-order valence-corrected chi connectivity index (χ3v) is 6.39. The highest BCUT2D eigenvalue weighted by atomic mass is 32.2. The van der Waals surface area contributed by atoms with Gasteiger partial charge in [-0.05, 0) is 55.0 Å². The number of hydrogen-bond donors (Lipinski definition) is 2. The van der Waals surface area contributed by atoms with Gasteiger partial charge in [0.25, 0.3) is 5.91 Å². The highest BCUT2D eigenvalue weighted by Crippen LogP contribution is 2.20. The minimum atomic E-state index is -4.08. The van der Waals surface area contributed by atoms with Gasteiger partial charge in [-0.2, -0.15) is 9.41 Å². The Labute approximate surface area is 185 Å². The van der Waals surface area contributed by atoms with Gasteiger partial charge in [0.1, 0.15) is 11.6 Å². The number of rotatable bonds is 8. The molecule has 0 atom stereocenters. The second-order valence-electron chi connectivity index (χ2n) is 7.06. The number of benzene rings is 3. The molecule has 7 nitrogen and oxygen atoms in total. The number of phenols is 1. The molecular weight excluding hydrogens is 433 g/mol. The molecule has 2 N–H and O–H groups in total. The molecule has 3 aromatic carbocycles. The summed E-state index contributed by atoms with van der Waals surface area (Å²) in [6.45, 7) is 0.947. The Hall–Kier alpha value is -3.56. The van der Waals surface area contributed by atoms with Crippen molar-refractivity contribution < 1.29 is 22.7 Å². The van der Waals surface area contributed by atoms with Crippen molar-refractivity contribution in [2.24, 2.45) is 5.10 Å². The van der Waals surface area contributed by atoms with E-state index in [4.69, 9.17) is 0 Å². The molecule has 0 saturated carbocycles. The van der Waals surface area contributed by atoms with Crippen LogP contribution in [0.5, 0.6) is 5.75 Å². The summed E-state index contributed by atoms with van der Waals surface area (Å²) < 4.78 is 41.5. The van der Waals surface area contributed by atoms with Gasteiger partial charge < -0.3 is 5.11 Å². The lowest BCUT2D eigenvalue weighted by Gasteiger charge is -2.22. The van der Waals surface area contributed by atoms with Gasteiger partial charge in [0, 0.05) is 12.1 Å². The standard InChI is InChI=1S/C23H22FN3O4S/c1-17-6-12-21(13-7-17)32(30,31)27(15-19-4-2-3-5-22(19)24)16-23(29)26-25-14-18-8-10-20(28)11-9-18/h2-14,28H,15-16H2,1H3,(H,26,29)/b25-14-. The lowest BCUT2D eigenvalue weighted by Crippen LogP contribution is -2.39. The number of sulfonamides is 1. The third-order valence-electron chi connectivity index (χ3n) is 4.58. The predicted molar refractivity (Wildman–Crippen MR) is 119 cm³/mol. The van der Waals surface area contributed by atoms with Crippen molar-refractivity contribution in [3.63, 3.8) is 0 Å². The first-order valence-electron chi connectivity index (χ1n) is 9.67. The Morgan fingerprint density at radius 2 is 1.72 bits per heavy atom. The van der Waals surface area contributed by atoms with Crippen LogP contribution in [-0.2, 0) is 21.4 Å². The molecule has 3 rings (SSSR count). The Kier molecular flexibility index (Phi) is 7.34. The predicted octanol–water partition coefficient (Wildman–Crippen LogP) is 3.18. The van der Waals surface area contributed by atoms with Gasteiger partial charge in [0.15, 0.2) is 0 Å². The molecule has 0 fully saturated rings. The van der Waals surface area contributed by atoms with Crippen LogP contribution in [0.25, 0.3) is 0 Å². The van der Waals surface area contributed by atoms with Crippen molar-refractivity contribution in [3.8, 4) is 5.75 Å². The number of nitrogens with one attached hydrogen (secondary N) is 1. The summed E-state index contributed by atoms with van der Waals surface area (Å²) in [7, 11) is -4.08. The molecule has 0 spiro atoms. The van der Waals surface area contributed by atoms with Crippen LogP contribution in [0, 0.1) is 12.7 Å². The molecule has 0 aromatic heterocycles. The number of halogens is 1. The van der Waals surface area contributed by atoms with E-state index in [0.717, 1.165) is 9.87 Å². The first kappa shape index (κ1) is 23.1. The van der Waals surface area contributed by atoms with Crippen molar-refractivity contribution >= 4 is 22.1 Å². The van der Waals surface area contributed by atoms with E-state index in [9.17, 15) is 22.7 Å². The van der Waals surface area contributed by atoms with Crippen LogP contribution < -0.4 is 5.43 Å². The average molecular weight is 456 g/mol. The lowest BCUT2D eigenvalue weighted by atomic mass is 10.2. The fraction of sp³-hybridized carbons (Fsp3) is 0.130. The molecule has 3 aromatic rings. The van der Waals surface area contributed by atoms with Crippen LogP contribution >= 0.6 is 0 Å². The van der Waals surface area contributed by atoms with Crippen LogP contribution in [0.4, 0.5) is 4.39 Å². The fourth-order valence-corrected chi connectivity index (χ4v) is 4.21. The summed E-state index contributed by atoms with van der Waals surface area (Å²) in [6.07, 6.45) is 1.35. The molecular formula is C23H22FN3O4S. The van der Waals surface area contributed by atoms with Gasteiger partial charge in [0.2, 0.25) is 10.0 Å². The van der Waals surface area contributed by atoms with E-state index in [1.54, 1.807) is 30.3 Å². The summed E-state index contributed by atoms with van der Waals surface area (Å²) in [5.74, 6) is -1.16. The highest BCUT2D eigenvalue weighted by Gasteiger charge is 2.27. The van der Waals surface area contributed by atoms with Gasteiger partial charge >= 0.3 is 0 Å². The SMILES string of the molecule is Cc1ccc(S(=O)(=O)N(CC(=O)N/N=C\c2ccc(O)cc2)Cc2ccccc2F)cc1. The van der Waals surface area contributed by atoms with Crippen LogP contribution in [-0.4, -0.2) is 36.5 Å². The van der Waals surface area contributed by atoms with E-state index in [1.807, 2.05) is 6.92 Å². The van der Waals surface area contributed by atoms with Gasteiger partial charge in [-0.15, -0.1) is 0 Å². The maximum Gasteiger partial charge on any atom is 0.255 e. The van der Waals surface area contributed by atoms with Crippen LogP contribution in [0.15, 0.2) is 82.8 Å². The first-order valence-corrected chi connectivity index (χ1v) is 11.1. The number of aromatic hydroxyl groups is 1. The number of hydrogen-bond acceptors (Lipinski definition) is 5. The quantitative estimate of drug-likeness (QED) is 0.403. The van der Waals surface area contributed by atoms with Crippen molar-refractivity contribution in [2.45, 2.75) is 18.4 Å². The molecule has 0 bridgehead atoms. The zero-order chi connectivity index (χ0) is 23.1. The third kappa shape index (κ3) is 5.99. The zero-order valence-corrected chi connectivity index (χ0v) is 18.1. The number of aryl methyl sites for hydroxylation is 1. The summed E-state index contributed by atoms with van der Waals surface area (Å²) in [6, 6.07) is 18.1. The second kappa shape index (κ2) is 10.2. The molecule has 0 aliphatic rings. The Bertz CT molecular complexity index is 1210. The lowest BCUT2D eigenvalue weighted by molar-refractivity contribution is -0.121. The van der Waals surface area contributed by atoms with Gasteiger partial charge in [-0.3, -0.25) is 4.79 Å². The number of nitrogens with zero attached hydrogens (tertiary/aromatic N) is 2. The molecule has 32 heavy (non-hydrogen) atoms. The number of hydrazone groups is 1. The van der Waals surface area contributed by atoms with Crippen LogP contribution in [0.2, 0.25) is 0 Å². The summed E-state index contributed by atoms with van der Waals surface area (Å²) in [5.41, 5.74) is 3.92. The summed E-state index contributed by atoms with van der Waals surface area (Å²) in [4.78, 5) is 12.4.